The van der Waals surface area contributed by atoms with Crippen LogP contribution in [0.25, 0.3) is 0 Å². The second kappa shape index (κ2) is 14.2. The fourth-order valence-corrected chi connectivity index (χ4v) is 5.34. The summed E-state index contributed by atoms with van der Waals surface area (Å²) in [5, 5.41) is 3.81. The van der Waals surface area contributed by atoms with Gasteiger partial charge in [-0.05, 0) is 93.6 Å². The summed E-state index contributed by atoms with van der Waals surface area (Å²) in [6.45, 7) is 9.52. The van der Waals surface area contributed by atoms with Gasteiger partial charge >= 0.3 is 12.3 Å². The normalized spacial score (nSPS) is 14.3. The van der Waals surface area contributed by atoms with Crippen LogP contribution in [0.5, 0.6) is 11.5 Å². The Kier molecular flexibility index (Phi) is 10.8. The molecule has 0 bridgehead atoms. The number of methoxy groups -OCH3 is 1. The highest BCUT2D eigenvalue weighted by Gasteiger charge is 2.35. The van der Waals surface area contributed by atoms with Crippen molar-refractivity contribution in [3.8, 4) is 11.5 Å². The third-order valence-electron chi connectivity index (χ3n) is 7.20. The number of rotatable bonds is 11. The molecule has 1 amide bonds. The van der Waals surface area contributed by atoms with Gasteiger partial charge in [0, 0.05) is 29.4 Å². The monoisotopic (exact) mass is 662 g/mol. The standard InChI is InChI=1S/C34H38ClF3N2O6/c1-20-13-24(35)8-10-28(20)30(31(41)40-12-11-23-7-9-26(17-29(23)40)45-34(36,37)38)39-25-14-22(15-27(16-25)43-6)19-44-18-21(2)32(42)46-33(3,4)5/h7-10,13-17,21,30,39H,11-12,18-19H2,1-6H3. The van der Waals surface area contributed by atoms with Crippen LogP contribution in [0, 0.1) is 12.8 Å². The van der Waals surface area contributed by atoms with E-state index in [-0.39, 0.29) is 31.6 Å². The second-order valence-electron chi connectivity index (χ2n) is 12.2. The average molecular weight is 663 g/mol. The van der Waals surface area contributed by atoms with Crippen LogP contribution in [0.3, 0.4) is 0 Å². The van der Waals surface area contributed by atoms with Crippen molar-refractivity contribution in [1.82, 2.24) is 0 Å². The number of carbonyl (C=O) groups is 2. The van der Waals surface area contributed by atoms with Gasteiger partial charge in [0.25, 0.3) is 5.91 Å². The Balaban J connectivity index is 1.60. The smallest absolute Gasteiger partial charge is 0.497 e. The van der Waals surface area contributed by atoms with E-state index in [2.05, 4.69) is 10.1 Å². The van der Waals surface area contributed by atoms with Gasteiger partial charge in [-0.2, -0.15) is 0 Å². The topological polar surface area (TPSA) is 86.3 Å². The number of nitrogens with zero attached hydrogens (tertiary/aromatic N) is 1. The lowest BCUT2D eigenvalue weighted by molar-refractivity contribution is -0.274. The van der Waals surface area contributed by atoms with Crippen molar-refractivity contribution >= 4 is 34.9 Å². The molecular formula is C34H38ClF3N2O6. The summed E-state index contributed by atoms with van der Waals surface area (Å²) in [5.41, 5.74) is 3.12. The minimum Gasteiger partial charge on any atom is -0.497 e. The SMILES string of the molecule is COc1cc(COCC(C)C(=O)OC(C)(C)C)cc(NC(C(=O)N2CCc3ccc(OC(F)(F)F)cc32)c2ccc(Cl)cc2C)c1. The van der Waals surface area contributed by atoms with Crippen LogP contribution in [-0.4, -0.2) is 44.1 Å². The van der Waals surface area contributed by atoms with Crippen molar-refractivity contribution in [2.24, 2.45) is 5.92 Å². The number of hydrogen-bond donors (Lipinski definition) is 1. The van der Waals surface area contributed by atoms with Gasteiger partial charge in [-0.25, -0.2) is 0 Å². The first-order valence-electron chi connectivity index (χ1n) is 14.7. The first-order chi connectivity index (χ1) is 21.5. The van der Waals surface area contributed by atoms with Gasteiger partial charge in [-0.15, -0.1) is 13.2 Å². The molecule has 0 aromatic heterocycles. The highest BCUT2D eigenvalue weighted by molar-refractivity contribution is 6.30. The molecule has 4 rings (SSSR count). The van der Waals surface area contributed by atoms with Gasteiger partial charge in [0.2, 0.25) is 0 Å². The summed E-state index contributed by atoms with van der Waals surface area (Å²) in [6, 6.07) is 13.6. The number of fused-ring (bicyclic) bond motifs is 1. The molecule has 248 valence electrons. The third-order valence-corrected chi connectivity index (χ3v) is 7.44. The van der Waals surface area contributed by atoms with Gasteiger partial charge < -0.3 is 29.2 Å². The lowest BCUT2D eigenvalue weighted by Gasteiger charge is -2.27. The number of nitrogens with one attached hydrogen (secondary N) is 1. The number of aryl methyl sites for hydroxylation is 1. The molecule has 2 unspecified atom stereocenters. The van der Waals surface area contributed by atoms with Crippen molar-refractivity contribution in [3.05, 3.63) is 81.9 Å². The molecule has 1 heterocycles. The molecular weight excluding hydrogens is 625 g/mol. The summed E-state index contributed by atoms with van der Waals surface area (Å²) >= 11 is 6.23. The Morgan fingerprint density at radius 1 is 1.02 bits per heavy atom. The molecule has 8 nitrogen and oxygen atoms in total. The predicted octanol–water partition coefficient (Wildman–Crippen LogP) is 7.79. The van der Waals surface area contributed by atoms with Crippen LogP contribution in [0.15, 0.2) is 54.6 Å². The van der Waals surface area contributed by atoms with Crippen molar-refractivity contribution in [2.45, 2.75) is 65.7 Å². The van der Waals surface area contributed by atoms with Gasteiger partial charge in [-0.3, -0.25) is 9.59 Å². The van der Waals surface area contributed by atoms with Crippen LogP contribution in [0.1, 0.15) is 56.0 Å². The van der Waals surface area contributed by atoms with E-state index >= 15 is 0 Å². The Morgan fingerprint density at radius 2 is 1.76 bits per heavy atom. The molecule has 3 aromatic rings. The van der Waals surface area contributed by atoms with Crippen molar-refractivity contribution in [3.63, 3.8) is 0 Å². The molecule has 46 heavy (non-hydrogen) atoms. The Bertz CT molecular complexity index is 1570. The van der Waals surface area contributed by atoms with E-state index in [1.807, 2.05) is 6.92 Å². The lowest BCUT2D eigenvalue weighted by Crippen LogP contribution is -2.37. The maximum absolute atomic E-state index is 14.3. The van der Waals surface area contributed by atoms with E-state index in [0.29, 0.717) is 34.1 Å². The lowest BCUT2D eigenvalue weighted by atomic mass is 9.99. The quantitative estimate of drug-likeness (QED) is 0.210. The molecule has 0 saturated heterocycles. The minimum atomic E-state index is -4.87. The van der Waals surface area contributed by atoms with E-state index in [0.717, 1.165) is 16.7 Å². The largest absolute Gasteiger partial charge is 0.573 e. The van der Waals surface area contributed by atoms with E-state index < -0.39 is 29.7 Å². The molecule has 1 aliphatic heterocycles. The van der Waals surface area contributed by atoms with Crippen LogP contribution in [0.2, 0.25) is 5.02 Å². The highest BCUT2D eigenvalue weighted by Crippen LogP contribution is 2.37. The summed E-state index contributed by atoms with van der Waals surface area (Å²) in [4.78, 5) is 28.1. The van der Waals surface area contributed by atoms with Gasteiger partial charge in [0.05, 0.1) is 31.9 Å². The van der Waals surface area contributed by atoms with E-state index in [9.17, 15) is 22.8 Å². The molecule has 0 aliphatic carbocycles. The maximum Gasteiger partial charge on any atom is 0.573 e. The number of amides is 1. The van der Waals surface area contributed by atoms with Crippen molar-refractivity contribution in [1.29, 1.82) is 0 Å². The summed E-state index contributed by atoms with van der Waals surface area (Å²) in [7, 11) is 1.52. The number of anilines is 2. The number of alkyl halides is 3. The summed E-state index contributed by atoms with van der Waals surface area (Å²) < 4.78 is 59.8. The molecule has 2 atom stereocenters. The number of halogens is 4. The fraction of sp³-hybridized carbons (Fsp3) is 0.412. The van der Waals surface area contributed by atoms with Gasteiger partial charge in [-0.1, -0.05) is 23.7 Å². The zero-order valence-electron chi connectivity index (χ0n) is 26.6. The van der Waals surface area contributed by atoms with E-state index in [1.165, 1.54) is 30.2 Å². The average Bonchev–Trinajstić information content (AvgIpc) is 3.37. The molecule has 1 aliphatic rings. The van der Waals surface area contributed by atoms with Crippen molar-refractivity contribution in [2.75, 3.05) is 30.5 Å². The van der Waals surface area contributed by atoms with Crippen LogP contribution in [0.4, 0.5) is 24.5 Å². The van der Waals surface area contributed by atoms with Gasteiger partial charge in [0.15, 0.2) is 0 Å². The number of benzene rings is 3. The zero-order valence-corrected chi connectivity index (χ0v) is 27.3. The van der Waals surface area contributed by atoms with Crippen molar-refractivity contribution < 1.29 is 41.7 Å². The number of ether oxygens (including phenoxy) is 4. The highest BCUT2D eigenvalue weighted by atomic mass is 35.5. The second-order valence-corrected chi connectivity index (χ2v) is 12.6. The number of carbonyl (C=O) groups excluding carboxylic acids is 2. The molecule has 0 radical (unpaired) electrons. The predicted molar refractivity (Wildman–Crippen MR) is 169 cm³/mol. The Morgan fingerprint density at radius 3 is 2.41 bits per heavy atom. The van der Waals surface area contributed by atoms with Gasteiger partial charge in [0.1, 0.15) is 23.1 Å². The first-order valence-corrected chi connectivity index (χ1v) is 15.1. The Hall–Kier alpha value is -3.96. The van der Waals surface area contributed by atoms with Crippen LogP contribution < -0.4 is 19.7 Å². The van der Waals surface area contributed by atoms with Crippen LogP contribution in [-0.2, 0) is 32.1 Å². The molecule has 0 fully saturated rings. The maximum atomic E-state index is 14.3. The first kappa shape index (κ1) is 34.9. The summed E-state index contributed by atoms with van der Waals surface area (Å²) in [5.74, 6) is -1.12. The number of hydrogen-bond acceptors (Lipinski definition) is 7. The summed E-state index contributed by atoms with van der Waals surface area (Å²) in [6.07, 6.45) is -4.39. The molecule has 0 spiro atoms. The van der Waals surface area contributed by atoms with E-state index in [4.69, 9.17) is 25.8 Å². The minimum absolute atomic E-state index is 0.133. The zero-order chi connectivity index (χ0) is 33.8. The molecule has 1 N–H and O–H groups in total. The molecule has 3 aromatic carbocycles. The third kappa shape index (κ3) is 9.29. The van der Waals surface area contributed by atoms with Crippen LogP contribution >= 0.6 is 11.6 Å². The molecule has 0 saturated carbocycles. The molecule has 12 heteroatoms. The van der Waals surface area contributed by atoms with E-state index in [1.54, 1.807) is 64.1 Å². The fourth-order valence-electron chi connectivity index (χ4n) is 5.11. The Labute approximate surface area is 271 Å². The number of esters is 1.